The molecular weight excluding hydrogens is 246 g/mol. The molecule has 0 aliphatic heterocycles. The van der Waals surface area contributed by atoms with Gasteiger partial charge in [0, 0.05) is 12.2 Å². The first kappa shape index (κ1) is 13.2. The molecule has 1 aliphatic rings. The van der Waals surface area contributed by atoms with E-state index in [1.165, 1.54) is 27.9 Å². The third-order valence-corrected chi connectivity index (χ3v) is 3.68. The Bertz CT molecular complexity index is 604. The van der Waals surface area contributed by atoms with Crippen molar-refractivity contribution in [3.05, 3.63) is 53.6 Å². The third-order valence-electron chi connectivity index (χ3n) is 3.68. The number of rotatable bonds is 5. The van der Waals surface area contributed by atoms with Crippen LogP contribution in [0.2, 0.25) is 0 Å². The molecule has 2 aromatic carbocycles. The minimum atomic E-state index is 0.298. The lowest BCUT2D eigenvalue weighted by atomic mass is 10.1. The molecule has 3 rings (SSSR count). The summed E-state index contributed by atoms with van der Waals surface area (Å²) in [6.45, 7) is 5.72. The number of nitrogens with one attached hydrogen (secondary N) is 1. The molecule has 0 amide bonds. The normalized spacial score (nSPS) is 12.3. The van der Waals surface area contributed by atoms with Crippen molar-refractivity contribution in [2.24, 2.45) is 0 Å². The predicted octanol–water partition coefficient (Wildman–Crippen LogP) is 4.09. The molecule has 104 valence electrons. The second kappa shape index (κ2) is 5.68. The average Bonchev–Trinajstić information content (AvgIpc) is 2.81. The van der Waals surface area contributed by atoms with Gasteiger partial charge in [0.2, 0.25) is 0 Å². The zero-order valence-electron chi connectivity index (χ0n) is 12.1. The number of hydrogen-bond donors (Lipinski definition) is 1. The molecule has 0 heterocycles. The quantitative estimate of drug-likeness (QED) is 0.703. The van der Waals surface area contributed by atoms with E-state index in [2.05, 4.69) is 61.6 Å². The standard InChI is InChI=1S/C18H21NO/c1-13(2)20-10-9-19-16-7-8-18-15(12-16)11-14-5-3-4-6-17(14)18/h3-8,12-13,19H,9-11H2,1-2H3. The van der Waals surface area contributed by atoms with Crippen LogP contribution in [0.25, 0.3) is 11.1 Å². The molecule has 0 fully saturated rings. The van der Waals surface area contributed by atoms with Gasteiger partial charge in [0.25, 0.3) is 0 Å². The monoisotopic (exact) mass is 267 g/mol. The first-order chi connectivity index (χ1) is 9.74. The molecule has 0 unspecified atom stereocenters. The molecule has 0 atom stereocenters. The lowest BCUT2D eigenvalue weighted by Gasteiger charge is -2.10. The molecule has 0 saturated carbocycles. The van der Waals surface area contributed by atoms with Crippen molar-refractivity contribution < 1.29 is 4.74 Å². The summed E-state index contributed by atoms with van der Waals surface area (Å²) in [5.74, 6) is 0. The maximum Gasteiger partial charge on any atom is 0.0642 e. The summed E-state index contributed by atoms with van der Waals surface area (Å²) in [5.41, 5.74) is 6.80. The van der Waals surface area contributed by atoms with E-state index in [0.29, 0.717) is 6.10 Å². The van der Waals surface area contributed by atoms with E-state index in [0.717, 1.165) is 19.6 Å². The molecular formula is C18H21NO. The predicted molar refractivity (Wildman–Crippen MR) is 84.3 cm³/mol. The molecule has 1 aliphatic carbocycles. The molecule has 0 spiro atoms. The fraction of sp³-hybridized carbons (Fsp3) is 0.333. The maximum atomic E-state index is 5.54. The van der Waals surface area contributed by atoms with Gasteiger partial charge >= 0.3 is 0 Å². The summed E-state index contributed by atoms with van der Waals surface area (Å²) >= 11 is 0. The largest absolute Gasteiger partial charge is 0.383 e. The summed E-state index contributed by atoms with van der Waals surface area (Å²) in [4.78, 5) is 0. The molecule has 1 N–H and O–H groups in total. The highest BCUT2D eigenvalue weighted by Crippen LogP contribution is 2.37. The van der Waals surface area contributed by atoms with Crippen LogP contribution < -0.4 is 5.32 Å². The van der Waals surface area contributed by atoms with Gasteiger partial charge in [-0.05, 0) is 54.7 Å². The molecule has 0 saturated heterocycles. The smallest absolute Gasteiger partial charge is 0.0642 e. The van der Waals surface area contributed by atoms with Crippen LogP contribution in [0.4, 0.5) is 5.69 Å². The molecule has 2 nitrogen and oxygen atoms in total. The Balaban J connectivity index is 1.68. The van der Waals surface area contributed by atoms with E-state index in [1.807, 2.05) is 0 Å². The summed E-state index contributed by atoms with van der Waals surface area (Å²) in [5, 5.41) is 3.43. The highest BCUT2D eigenvalue weighted by molar-refractivity contribution is 5.78. The number of ether oxygens (including phenoxy) is 1. The van der Waals surface area contributed by atoms with Gasteiger partial charge in [-0.1, -0.05) is 30.3 Å². The molecule has 0 aromatic heterocycles. The molecule has 0 radical (unpaired) electrons. The fourth-order valence-electron chi connectivity index (χ4n) is 2.75. The van der Waals surface area contributed by atoms with Gasteiger partial charge in [0.05, 0.1) is 12.7 Å². The highest BCUT2D eigenvalue weighted by Gasteiger charge is 2.17. The number of anilines is 1. The van der Waals surface area contributed by atoms with Crippen molar-refractivity contribution in [2.45, 2.75) is 26.4 Å². The summed E-state index contributed by atoms with van der Waals surface area (Å²) in [6.07, 6.45) is 1.34. The van der Waals surface area contributed by atoms with Crippen LogP contribution in [0.5, 0.6) is 0 Å². The first-order valence-corrected chi connectivity index (χ1v) is 7.31. The number of fused-ring (bicyclic) bond motifs is 3. The molecule has 0 bridgehead atoms. The Kier molecular flexibility index (Phi) is 3.75. The van der Waals surface area contributed by atoms with Gasteiger partial charge < -0.3 is 10.1 Å². The Morgan fingerprint density at radius 2 is 1.85 bits per heavy atom. The Morgan fingerprint density at radius 3 is 2.70 bits per heavy atom. The van der Waals surface area contributed by atoms with Gasteiger partial charge in [-0.3, -0.25) is 0 Å². The molecule has 20 heavy (non-hydrogen) atoms. The maximum absolute atomic E-state index is 5.54. The van der Waals surface area contributed by atoms with Crippen LogP contribution >= 0.6 is 0 Å². The average molecular weight is 267 g/mol. The van der Waals surface area contributed by atoms with E-state index >= 15 is 0 Å². The summed E-state index contributed by atoms with van der Waals surface area (Å²) in [7, 11) is 0. The second-order valence-corrected chi connectivity index (χ2v) is 5.55. The van der Waals surface area contributed by atoms with Crippen molar-refractivity contribution in [1.82, 2.24) is 0 Å². The van der Waals surface area contributed by atoms with Gasteiger partial charge in [-0.15, -0.1) is 0 Å². The van der Waals surface area contributed by atoms with Crippen LogP contribution in [0.15, 0.2) is 42.5 Å². The molecule has 2 heteroatoms. The van der Waals surface area contributed by atoms with Crippen LogP contribution in [0.3, 0.4) is 0 Å². The van der Waals surface area contributed by atoms with E-state index < -0.39 is 0 Å². The Morgan fingerprint density at radius 1 is 1.05 bits per heavy atom. The van der Waals surface area contributed by atoms with Crippen molar-refractivity contribution >= 4 is 5.69 Å². The SMILES string of the molecule is CC(C)OCCNc1ccc2c(c1)Cc1ccccc1-2. The van der Waals surface area contributed by atoms with Crippen molar-refractivity contribution in [3.8, 4) is 11.1 Å². The van der Waals surface area contributed by atoms with Crippen LogP contribution in [0.1, 0.15) is 25.0 Å². The highest BCUT2D eigenvalue weighted by atomic mass is 16.5. The lowest BCUT2D eigenvalue weighted by Crippen LogP contribution is -2.13. The molecule has 2 aromatic rings. The van der Waals surface area contributed by atoms with E-state index in [-0.39, 0.29) is 0 Å². The van der Waals surface area contributed by atoms with Crippen molar-refractivity contribution in [2.75, 3.05) is 18.5 Å². The van der Waals surface area contributed by atoms with Crippen LogP contribution in [-0.2, 0) is 11.2 Å². The summed E-state index contributed by atoms with van der Waals surface area (Å²) in [6, 6.07) is 15.3. The summed E-state index contributed by atoms with van der Waals surface area (Å²) < 4.78 is 5.54. The lowest BCUT2D eigenvalue weighted by molar-refractivity contribution is 0.0870. The van der Waals surface area contributed by atoms with Gasteiger partial charge in [-0.2, -0.15) is 0 Å². The van der Waals surface area contributed by atoms with E-state index in [1.54, 1.807) is 0 Å². The van der Waals surface area contributed by atoms with E-state index in [9.17, 15) is 0 Å². The Hall–Kier alpha value is -1.80. The van der Waals surface area contributed by atoms with Gasteiger partial charge in [0.1, 0.15) is 0 Å². The van der Waals surface area contributed by atoms with E-state index in [4.69, 9.17) is 4.74 Å². The van der Waals surface area contributed by atoms with Crippen molar-refractivity contribution in [1.29, 1.82) is 0 Å². The minimum absolute atomic E-state index is 0.298. The zero-order chi connectivity index (χ0) is 13.9. The van der Waals surface area contributed by atoms with Crippen molar-refractivity contribution in [3.63, 3.8) is 0 Å². The minimum Gasteiger partial charge on any atom is -0.383 e. The van der Waals surface area contributed by atoms with Crippen LogP contribution in [0, 0.1) is 0 Å². The zero-order valence-corrected chi connectivity index (χ0v) is 12.1. The van der Waals surface area contributed by atoms with Gasteiger partial charge in [-0.25, -0.2) is 0 Å². The Labute approximate surface area is 120 Å². The van der Waals surface area contributed by atoms with Crippen LogP contribution in [-0.4, -0.2) is 19.3 Å². The number of benzene rings is 2. The topological polar surface area (TPSA) is 21.3 Å². The first-order valence-electron chi connectivity index (χ1n) is 7.31. The van der Waals surface area contributed by atoms with Gasteiger partial charge in [0.15, 0.2) is 0 Å². The number of hydrogen-bond acceptors (Lipinski definition) is 2. The fourth-order valence-corrected chi connectivity index (χ4v) is 2.75. The second-order valence-electron chi connectivity index (χ2n) is 5.55. The third kappa shape index (κ3) is 2.70.